The Bertz CT molecular complexity index is 1090. The first-order valence-corrected chi connectivity index (χ1v) is 10.5. The molecular formula is C19H19N3O3S2. The van der Waals surface area contributed by atoms with Crippen LogP contribution in [0.25, 0.3) is 0 Å². The van der Waals surface area contributed by atoms with Gasteiger partial charge in [-0.25, -0.2) is 13.4 Å². The van der Waals surface area contributed by atoms with Crippen LogP contribution in [0.5, 0.6) is 0 Å². The lowest BCUT2D eigenvalue weighted by Crippen LogP contribution is -2.12. The summed E-state index contributed by atoms with van der Waals surface area (Å²) in [5.74, 6) is -0.323. The molecule has 0 fully saturated rings. The molecule has 3 rings (SSSR count). The van der Waals surface area contributed by atoms with Gasteiger partial charge in [-0.15, -0.1) is 0 Å². The van der Waals surface area contributed by atoms with Crippen LogP contribution < -0.4 is 10.0 Å². The van der Waals surface area contributed by atoms with E-state index in [1.807, 2.05) is 32.0 Å². The zero-order valence-corrected chi connectivity index (χ0v) is 16.7. The van der Waals surface area contributed by atoms with Gasteiger partial charge in [0.1, 0.15) is 4.88 Å². The van der Waals surface area contributed by atoms with Gasteiger partial charge in [-0.2, -0.15) is 0 Å². The number of thiazole rings is 1. The van der Waals surface area contributed by atoms with Crippen molar-refractivity contribution in [1.29, 1.82) is 0 Å². The minimum Gasteiger partial charge on any atom is -0.321 e. The summed E-state index contributed by atoms with van der Waals surface area (Å²) >= 11 is 1.00. The molecule has 0 spiro atoms. The van der Waals surface area contributed by atoms with Gasteiger partial charge in [0.05, 0.1) is 10.6 Å². The molecule has 0 bridgehead atoms. The second kappa shape index (κ2) is 7.50. The molecule has 2 aromatic carbocycles. The fourth-order valence-corrected chi connectivity index (χ4v) is 4.55. The first-order chi connectivity index (χ1) is 12.7. The summed E-state index contributed by atoms with van der Waals surface area (Å²) in [5.41, 5.74) is 3.14. The number of aryl methyl sites for hydroxylation is 3. The van der Waals surface area contributed by atoms with Crippen LogP contribution >= 0.6 is 11.3 Å². The van der Waals surface area contributed by atoms with E-state index >= 15 is 0 Å². The highest BCUT2D eigenvalue weighted by molar-refractivity contribution is 7.93. The maximum absolute atomic E-state index is 12.5. The van der Waals surface area contributed by atoms with E-state index in [4.69, 9.17) is 0 Å². The number of hydrogen-bond acceptors (Lipinski definition) is 5. The third-order valence-corrected chi connectivity index (χ3v) is 6.39. The number of anilines is 2. The van der Waals surface area contributed by atoms with Gasteiger partial charge < -0.3 is 5.32 Å². The van der Waals surface area contributed by atoms with Crippen LogP contribution in [0.1, 0.15) is 26.5 Å². The Balaban J connectivity index is 1.79. The van der Waals surface area contributed by atoms with Gasteiger partial charge in [0.25, 0.3) is 15.9 Å². The molecule has 27 heavy (non-hydrogen) atoms. The van der Waals surface area contributed by atoms with Crippen molar-refractivity contribution in [3.05, 3.63) is 70.2 Å². The topological polar surface area (TPSA) is 88.2 Å². The summed E-state index contributed by atoms with van der Waals surface area (Å²) in [6.07, 6.45) is 0. The van der Waals surface area contributed by atoms with Crippen LogP contribution in [0.2, 0.25) is 0 Å². The normalized spacial score (nSPS) is 11.2. The minimum absolute atomic E-state index is 0.145. The largest absolute Gasteiger partial charge is 0.321 e. The van der Waals surface area contributed by atoms with E-state index in [1.54, 1.807) is 25.1 Å². The number of carbonyl (C=O) groups is 1. The zero-order valence-electron chi connectivity index (χ0n) is 15.1. The summed E-state index contributed by atoms with van der Waals surface area (Å²) in [6, 6.07) is 14.0. The predicted octanol–water partition coefficient (Wildman–Crippen LogP) is 4.12. The van der Waals surface area contributed by atoms with E-state index in [0.29, 0.717) is 16.3 Å². The number of nitrogens with zero attached hydrogens (tertiary/aromatic N) is 1. The highest BCUT2D eigenvalue weighted by Crippen LogP contribution is 2.26. The van der Waals surface area contributed by atoms with Crippen molar-refractivity contribution < 1.29 is 13.2 Å². The average molecular weight is 402 g/mol. The first kappa shape index (κ1) is 19.1. The number of carbonyl (C=O) groups excluding carboxylic acids is 1. The molecule has 8 heteroatoms. The molecule has 1 amide bonds. The molecule has 2 N–H and O–H groups in total. The lowest BCUT2D eigenvalue weighted by molar-refractivity contribution is 0.103. The predicted molar refractivity (Wildman–Crippen MR) is 108 cm³/mol. The second-order valence-corrected chi connectivity index (χ2v) is 8.86. The molecule has 0 unspecified atom stereocenters. The summed E-state index contributed by atoms with van der Waals surface area (Å²) in [4.78, 5) is 17.2. The van der Waals surface area contributed by atoms with E-state index < -0.39 is 10.0 Å². The highest BCUT2D eigenvalue weighted by atomic mass is 32.2. The number of sulfonamides is 1. The van der Waals surface area contributed by atoms with Crippen LogP contribution in [0.15, 0.2) is 53.4 Å². The maximum atomic E-state index is 12.5. The Hall–Kier alpha value is -2.71. The van der Waals surface area contributed by atoms with Gasteiger partial charge in [-0.3, -0.25) is 9.52 Å². The van der Waals surface area contributed by atoms with Gasteiger partial charge in [-0.05, 0) is 50.6 Å². The summed E-state index contributed by atoms with van der Waals surface area (Å²) in [5, 5.41) is 2.96. The van der Waals surface area contributed by atoms with E-state index in [1.165, 1.54) is 12.1 Å². The Labute approximate surface area is 162 Å². The number of amides is 1. The molecule has 140 valence electrons. The Morgan fingerprint density at radius 3 is 2.37 bits per heavy atom. The van der Waals surface area contributed by atoms with Gasteiger partial charge in [0.15, 0.2) is 5.13 Å². The average Bonchev–Trinajstić information content (AvgIpc) is 2.95. The van der Waals surface area contributed by atoms with Crippen molar-refractivity contribution in [3.63, 3.8) is 0 Å². The van der Waals surface area contributed by atoms with Crippen LogP contribution in [0.4, 0.5) is 10.8 Å². The minimum atomic E-state index is -3.76. The number of hydrogen-bond donors (Lipinski definition) is 2. The monoisotopic (exact) mass is 401 g/mol. The van der Waals surface area contributed by atoms with Gasteiger partial charge in [0.2, 0.25) is 0 Å². The zero-order chi connectivity index (χ0) is 19.6. The molecule has 0 atom stereocenters. The summed E-state index contributed by atoms with van der Waals surface area (Å²) < 4.78 is 27.4. The Morgan fingerprint density at radius 2 is 1.70 bits per heavy atom. The molecule has 0 aliphatic rings. The number of aromatic nitrogens is 1. The van der Waals surface area contributed by atoms with E-state index in [2.05, 4.69) is 15.0 Å². The molecule has 1 aromatic heterocycles. The van der Waals surface area contributed by atoms with Crippen molar-refractivity contribution in [2.24, 2.45) is 0 Å². The van der Waals surface area contributed by atoms with Crippen LogP contribution in [0, 0.1) is 20.8 Å². The van der Waals surface area contributed by atoms with Crippen molar-refractivity contribution >= 4 is 38.1 Å². The third-order valence-electron chi connectivity index (χ3n) is 3.83. The standard InChI is InChI=1S/C19H19N3O3S2/c1-12-7-9-16(10-8-12)27(24,25)22-19-20-14(3)17(26-19)18(23)21-15-6-4-5-13(2)11-15/h4-11H,1-3H3,(H,20,22)(H,21,23). The van der Waals surface area contributed by atoms with E-state index in [-0.39, 0.29) is 15.9 Å². The molecule has 6 nitrogen and oxygen atoms in total. The first-order valence-electron chi connectivity index (χ1n) is 8.19. The van der Waals surface area contributed by atoms with Crippen molar-refractivity contribution in [2.75, 3.05) is 10.0 Å². The Morgan fingerprint density at radius 1 is 1.00 bits per heavy atom. The number of benzene rings is 2. The van der Waals surface area contributed by atoms with Gasteiger partial charge in [-0.1, -0.05) is 41.2 Å². The fourth-order valence-electron chi connectivity index (χ4n) is 2.45. The molecule has 1 heterocycles. The van der Waals surface area contributed by atoms with Crippen LogP contribution in [-0.2, 0) is 10.0 Å². The van der Waals surface area contributed by atoms with Crippen LogP contribution in [-0.4, -0.2) is 19.3 Å². The van der Waals surface area contributed by atoms with Crippen molar-refractivity contribution in [2.45, 2.75) is 25.7 Å². The highest BCUT2D eigenvalue weighted by Gasteiger charge is 2.20. The van der Waals surface area contributed by atoms with Crippen molar-refractivity contribution in [1.82, 2.24) is 4.98 Å². The molecule has 0 aliphatic heterocycles. The number of rotatable bonds is 5. The summed E-state index contributed by atoms with van der Waals surface area (Å²) in [7, 11) is -3.76. The Kier molecular flexibility index (Phi) is 5.29. The van der Waals surface area contributed by atoms with Gasteiger partial charge >= 0.3 is 0 Å². The van der Waals surface area contributed by atoms with E-state index in [9.17, 15) is 13.2 Å². The maximum Gasteiger partial charge on any atom is 0.267 e. The van der Waals surface area contributed by atoms with Gasteiger partial charge in [0, 0.05) is 5.69 Å². The molecule has 0 saturated heterocycles. The lowest BCUT2D eigenvalue weighted by Gasteiger charge is -2.05. The fraction of sp³-hybridized carbons (Fsp3) is 0.158. The van der Waals surface area contributed by atoms with E-state index in [0.717, 1.165) is 22.5 Å². The smallest absolute Gasteiger partial charge is 0.267 e. The molecular weight excluding hydrogens is 382 g/mol. The van der Waals surface area contributed by atoms with Crippen molar-refractivity contribution in [3.8, 4) is 0 Å². The van der Waals surface area contributed by atoms with Crippen LogP contribution in [0.3, 0.4) is 0 Å². The molecule has 0 aliphatic carbocycles. The molecule has 0 saturated carbocycles. The number of nitrogens with one attached hydrogen (secondary N) is 2. The lowest BCUT2D eigenvalue weighted by atomic mass is 10.2. The SMILES string of the molecule is Cc1ccc(S(=O)(=O)Nc2nc(C)c(C(=O)Nc3cccc(C)c3)s2)cc1. The molecule has 0 radical (unpaired) electrons. The third kappa shape index (κ3) is 4.53. The second-order valence-electron chi connectivity index (χ2n) is 6.18. The molecule has 3 aromatic rings. The summed E-state index contributed by atoms with van der Waals surface area (Å²) in [6.45, 7) is 5.49. The quantitative estimate of drug-likeness (QED) is 0.673.